The van der Waals surface area contributed by atoms with Crippen LogP contribution in [0.3, 0.4) is 0 Å². The summed E-state index contributed by atoms with van der Waals surface area (Å²) in [5.74, 6) is 0. The standard InChI is InChI=1S/C15H18N4/c1-15(2,3)11-5-12-13(8-17-14(12)16-7-11)10-6-18-19(4)9-10/h5-9H,1-4H3,(H,16,17). The maximum atomic E-state index is 4.52. The molecule has 1 N–H and O–H groups in total. The molecule has 0 unspecified atom stereocenters. The van der Waals surface area contributed by atoms with Gasteiger partial charge in [-0.05, 0) is 17.0 Å². The van der Waals surface area contributed by atoms with E-state index in [9.17, 15) is 0 Å². The molecule has 4 nitrogen and oxygen atoms in total. The zero-order valence-electron chi connectivity index (χ0n) is 11.7. The Hall–Kier alpha value is -2.10. The molecule has 0 spiro atoms. The molecule has 0 aliphatic rings. The second-order valence-electron chi connectivity index (χ2n) is 5.98. The first-order chi connectivity index (χ1) is 8.95. The van der Waals surface area contributed by atoms with Crippen molar-refractivity contribution in [3.8, 4) is 11.1 Å². The molecule has 3 rings (SSSR count). The second-order valence-corrected chi connectivity index (χ2v) is 5.98. The van der Waals surface area contributed by atoms with E-state index in [-0.39, 0.29) is 5.41 Å². The van der Waals surface area contributed by atoms with Crippen LogP contribution in [0.1, 0.15) is 26.3 Å². The maximum Gasteiger partial charge on any atom is 0.137 e. The normalized spacial score (nSPS) is 12.2. The first-order valence-corrected chi connectivity index (χ1v) is 6.42. The number of rotatable bonds is 1. The molecule has 0 aromatic carbocycles. The number of pyridine rings is 1. The van der Waals surface area contributed by atoms with Crippen LogP contribution < -0.4 is 0 Å². The fourth-order valence-corrected chi connectivity index (χ4v) is 2.21. The summed E-state index contributed by atoms with van der Waals surface area (Å²) in [6.07, 6.45) is 7.85. The number of H-pyrrole nitrogens is 1. The monoisotopic (exact) mass is 254 g/mol. The Labute approximate surface area is 112 Å². The fourth-order valence-electron chi connectivity index (χ4n) is 2.21. The molecule has 0 aliphatic carbocycles. The van der Waals surface area contributed by atoms with E-state index in [2.05, 4.69) is 41.9 Å². The van der Waals surface area contributed by atoms with Crippen molar-refractivity contribution in [2.75, 3.05) is 0 Å². The van der Waals surface area contributed by atoms with Gasteiger partial charge in [-0.15, -0.1) is 0 Å². The number of nitrogens with one attached hydrogen (secondary N) is 1. The Morgan fingerprint density at radius 1 is 1.21 bits per heavy atom. The predicted molar refractivity (Wildman–Crippen MR) is 77.0 cm³/mol. The van der Waals surface area contributed by atoms with Crippen molar-refractivity contribution in [3.63, 3.8) is 0 Å². The van der Waals surface area contributed by atoms with Gasteiger partial charge in [0, 0.05) is 42.2 Å². The molecule has 98 valence electrons. The van der Waals surface area contributed by atoms with Gasteiger partial charge >= 0.3 is 0 Å². The smallest absolute Gasteiger partial charge is 0.137 e. The molecule has 0 fully saturated rings. The lowest BCUT2D eigenvalue weighted by Gasteiger charge is -2.18. The molecule has 0 saturated carbocycles. The van der Waals surface area contributed by atoms with E-state index in [1.165, 1.54) is 5.56 Å². The highest BCUT2D eigenvalue weighted by molar-refractivity contribution is 5.93. The molecule has 0 bridgehead atoms. The third-order valence-corrected chi connectivity index (χ3v) is 3.41. The van der Waals surface area contributed by atoms with Crippen LogP contribution in [0.25, 0.3) is 22.2 Å². The number of aromatic nitrogens is 4. The van der Waals surface area contributed by atoms with E-state index in [1.807, 2.05) is 36.5 Å². The van der Waals surface area contributed by atoms with Crippen LogP contribution in [0, 0.1) is 0 Å². The summed E-state index contributed by atoms with van der Waals surface area (Å²) in [7, 11) is 1.93. The van der Waals surface area contributed by atoms with E-state index in [0.29, 0.717) is 0 Å². The minimum Gasteiger partial charge on any atom is -0.346 e. The van der Waals surface area contributed by atoms with Crippen molar-refractivity contribution < 1.29 is 0 Å². The molecule has 0 amide bonds. The molecule has 3 aromatic heterocycles. The van der Waals surface area contributed by atoms with Crippen LogP contribution in [0.5, 0.6) is 0 Å². The summed E-state index contributed by atoms with van der Waals surface area (Å²) in [6.45, 7) is 6.60. The number of hydrogen-bond acceptors (Lipinski definition) is 2. The molecule has 0 atom stereocenters. The first kappa shape index (κ1) is 12.0. The average molecular weight is 254 g/mol. The van der Waals surface area contributed by atoms with Gasteiger partial charge in [-0.3, -0.25) is 4.68 Å². The molecule has 3 heterocycles. The molecule has 3 aromatic rings. The third kappa shape index (κ3) is 2.03. The Balaban J connectivity index is 2.21. The largest absolute Gasteiger partial charge is 0.346 e. The zero-order chi connectivity index (χ0) is 13.6. The molecular weight excluding hydrogens is 236 g/mol. The summed E-state index contributed by atoms with van der Waals surface area (Å²) >= 11 is 0. The topological polar surface area (TPSA) is 46.5 Å². The van der Waals surface area contributed by atoms with Crippen molar-refractivity contribution in [2.45, 2.75) is 26.2 Å². The first-order valence-electron chi connectivity index (χ1n) is 6.42. The summed E-state index contributed by atoms with van der Waals surface area (Å²) in [6, 6.07) is 2.22. The van der Waals surface area contributed by atoms with Crippen LogP contribution in [0.15, 0.2) is 30.9 Å². The summed E-state index contributed by atoms with van der Waals surface area (Å²) in [4.78, 5) is 7.74. The molecule has 0 aliphatic heterocycles. The van der Waals surface area contributed by atoms with Gasteiger partial charge in [-0.1, -0.05) is 20.8 Å². The highest BCUT2D eigenvalue weighted by Crippen LogP contribution is 2.31. The lowest BCUT2D eigenvalue weighted by atomic mass is 9.87. The summed E-state index contributed by atoms with van der Waals surface area (Å²) < 4.78 is 1.81. The minimum absolute atomic E-state index is 0.102. The lowest BCUT2D eigenvalue weighted by Crippen LogP contribution is -2.11. The van der Waals surface area contributed by atoms with Crippen molar-refractivity contribution >= 4 is 11.0 Å². The van der Waals surface area contributed by atoms with Crippen LogP contribution in [-0.2, 0) is 12.5 Å². The van der Waals surface area contributed by atoms with Gasteiger partial charge in [-0.2, -0.15) is 5.10 Å². The minimum atomic E-state index is 0.102. The molecule has 0 saturated heterocycles. The third-order valence-electron chi connectivity index (χ3n) is 3.41. The van der Waals surface area contributed by atoms with Gasteiger partial charge in [0.1, 0.15) is 5.65 Å². The lowest BCUT2D eigenvalue weighted by molar-refractivity contribution is 0.588. The molecular formula is C15H18N4. The predicted octanol–water partition coefficient (Wildman–Crippen LogP) is 3.26. The van der Waals surface area contributed by atoms with Crippen LogP contribution >= 0.6 is 0 Å². The van der Waals surface area contributed by atoms with E-state index in [4.69, 9.17) is 0 Å². The van der Waals surface area contributed by atoms with Crippen molar-refractivity contribution in [2.24, 2.45) is 7.05 Å². The van der Waals surface area contributed by atoms with Gasteiger partial charge in [0.05, 0.1) is 6.20 Å². The highest BCUT2D eigenvalue weighted by Gasteiger charge is 2.16. The van der Waals surface area contributed by atoms with Gasteiger partial charge in [0.25, 0.3) is 0 Å². The van der Waals surface area contributed by atoms with Crippen molar-refractivity contribution in [1.82, 2.24) is 19.7 Å². The summed E-state index contributed by atoms with van der Waals surface area (Å²) in [5, 5.41) is 5.39. The summed E-state index contributed by atoms with van der Waals surface area (Å²) in [5.41, 5.74) is 4.53. The molecule has 0 radical (unpaired) electrons. The fraction of sp³-hybridized carbons (Fsp3) is 0.333. The molecule has 4 heteroatoms. The van der Waals surface area contributed by atoms with Crippen molar-refractivity contribution in [3.05, 3.63) is 36.4 Å². The van der Waals surface area contributed by atoms with Crippen molar-refractivity contribution in [1.29, 1.82) is 0 Å². The molecule has 19 heavy (non-hydrogen) atoms. The van der Waals surface area contributed by atoms with E-state index in [0.717, 1.165) is 22.2 Å². The van der Waals surface area contributed by atoms with Gasteiger partial charge in [-0.25, -0.2) is 4.98 Å². The van der Waals surface area contributed by atoms with E-state index in [1.54, 1.807) is 0 Å². The van der Waals surface area contributed by atoms with Gasteiger partial charge in [0.15, 0.2) is 0 Å². The number of aromatic amines is 1. The zero-order valence-corrected chi connectivity index (χ0v) is 11.7. The quantitative estimate of drug-likeness (QED) is 0.724. The SMILES string of the molecule is Cn1cc(-c2c[nH]c3ncc(C(C)(C)C)cc23)cn1. The van der Waals surface area contributed by atoms with E-state index >= 15 is 0 Å². The second kappa shape index (κ2) is 3.95. The maximum absolute atomic E-state index is 4.52. The van der Waals surface area contributed by atoms with Gasteiger partial charge < -0.3 is 4.98 Å². The number of aryl methyl sites for hydroxylation is 1. The number of nitrogens with zero attached hydrogens (tertiary/aromatic N) is 3. The Bertz CT molecular complexity index is 728. The van der Waals surface area contributed by atoms with Gasteiger partial charge in [0.2, 0.25) is 0 Å². The number of fused-ring (bicyclic) bond motifs is 1. The van der Waals surface area contributed by atoms with Crippen LogP contribution in [0.4, 0.5) is 0 Å². The average Bonchev–Trinajstić information content (AvgIpc) is 2.92. The Morgan fingerprint density at radius 2 is 2.00 bits per heavy atom. The van der Waals surface area contributed by atoms with Crippen LogP contribution in [0.2, 0.25) is 0 Å². The highest BCUT2D eigenvalue weighted by atomic mass is 15.2. The van der Waals surface area contributed by atoms with Crippen LogP contribution in [-0.4, -0.2) is 19.7 Å². The van der Waals surface area contributed by atoms with E-state index < -0.39 is 0 Å². The number of hydrogen-bond donors (Lipinski definition) is 1. The Kier molecular flexibility index (Phi) is 2.49. The Morgan fingerprint density at radius 3 is 2.63 bits per heavy atom.